The van der Waals surface area contributed by atoms with E-state index in [0.717, 1.165) is 16.9 Å². The Hall–Kier alpha value is -1.36. The van der Waals surface area contributed by atoms with Crippen molar-refractivity contribution in [1.82, 2.24) is 10.5 Å². The average Bonchev–Trinajstić information content (AvgIpc) is 3.20. The molecule has 0 saturated heterocycles. The molecule has 4 nitrogen and oxygen atoms in total. The van der Waals surface area contributed by atoms with Crippen molar-refractivity contribution in [2.45, 2.75) is 24.1 Å². The number of benzene rings is 1. The van der Waals surface area contributed by atoms with E-state index in [9.17, 15) is 4.79 Å². The number of para-hydroxylation sites is 1. The first kappa shape index (κ1) is 12.7. The minimum atomic E-state index is -0.0100. The summed E-state index contributed by atoms with van der Waals surface area (Å²) in [5, 5.41) is 7.81. The van der Waals surface area contributed by atoms with Crippen LogP contribution in [0.2, 0.25) is 0 Å². The Morgan fingerprint density at radius 2 is 2.26 bits per heavy atom. The number of halogens is 1. The van der Waals surface area contributed by atoms with Crippen LogP contribution in [0.15, 0.2) is 28.8 Å². The van der Waals surface area contributed by atoms with Gasteiger partial charge in [-0.25, -0.2) is 0 Å². The van der Waals surface area contributed by atoms with Crippen molar-refractivity contribution >= 4 is 32.8 Å². The van der Waals surface area contributed by atoms with Crippen LogP contribution in [0.1, 0.15) is 18.5 Å². The van der Waals surface area contributed by atoms with E-state index in [-0.39, 0.29) is 12.3 Å². The summed E-state index contributed by atoms with van der Waals surface area (Å²) in [7, 11) is 0. The number of nitrogens with one attached hydrogen (secondary N) is 1. The Kier molecular flexibility index (Phi) is 3.55. The SMILES string of the molecule is O=C(Cc1noc2ccccc12)NCC(Br)C1CC1. The number of amides is 1. The van der Waals surface area contributed by atoms with Crippen molar-refractivity contribution in [1.29, 1.82) is 0 Å². The Balaban J connectivity index is 1.59. The lowest BCUT2D eigenvalue weighted by molar-refractivity contribution is -0.120. The van der Waals surface area contributed by atoms with Crippen molar-refractivity contribution < 1.29 is 9.32 Å². The third-order valence-electron chi connectivity index (χ3n) is 3.41. The molecule has 3 rings (SSSR count). The summed E-state index contributed by atoms with van der Waals surface area (Å²) >= 11 is 3.60. The van der Waals surface area contributed by atoms with E-state index in [2.05, 4.69) is 26.4 Å². The van der Waals surface area contributed by atoms with Crippen molar-refractivity contribution in [3.63, 3.8) is 0 Å². The fraction of sp³-hybridized carbons (Fsp3) is 0.429. The third kappa shape index (κ3) is 2.97. The molecule has 2 aromatic rings. The molecule has 1 saturated carbocycles. The molecule has 19 heavy (non-hydrogen) atoms. The van der Waals surface area contributed by atoms with Crippen LogP contribution in [0.4, 0.5) is 0 Å². The van der Waals surface area contributed by atoms with Gasteiger partial charge in [-0.3, -0.25) is 4.79 Å². The van der Waals surface area contributed by atoms with E-state index < -0.39 is 0 Å². The summed E-state index contributed by atoms with van der Waals surface area (Å²) in [6, 6.07) is 7.59. The van der Waals surface area contributed by atoms with E-state index >= 15 is 0 Å². The van der Waals surface area contributed by atoms with Gasteiger partial charge in [-0.05, 0) is 30.9 Å². The Labute approximate surface area is 119 Å². The normalized spacial score (nSPS) is 16.5. The molecule has 1 atom stereocenters. The first-order valence-electron chi connectivity index (χ1n) is 6.48. The number of hydrogen-bond donors (Lipinski definition) is 1. The predicted molar refractivity (Wildman–Crippen MR) is 76.2 cm³/mol. The number of fused-ring (bicyclic) bond motifs is 1. The molecule has 100 valence electrons. The fourth-order valence-electron chi connectivity index (χ4n) is 2.12. The number of nitrogens with zero attached hydrogens (tertiary/aromatic N) is 1. The Morgan fingerprint density at radius 1 is 1.47 bits per heavy atom. The van der Waals surface area contributed by atoms with Crippen LogP contribution in [-0.2, 0) is 11.2 Å². The molecular formula is C14H15BrN2O2. The largest absolute Gasteiger partial charge is 0.356 e. The van der Waals surface area contributed by atoms with Gasteiger partial charge in [0.2, 0.25) is 5.91 Å². The maximum atomic E-state index is 11.9. The molecular weight excluding hydrogens is 308 g/mol. The van der Waals surface area contributed by atoms with Crippen LogP contribution < -0.4 is 5.32 Å². The first-order valence-corrected chi connectivity index (χ1v) is 7.39. The third-order valence-corrected chi connectivity index (χ3v) is 4.48. The van der Waals surface area contributed by atoms with Crippen molar-refractivity contribution in [2.75, 3.05) is 6.54 Å². The molecule has 1 aliphatic carbocycles. The summed E-state index contributed by atoms with van der Waals surface area (Å²) in [5.74, 6) is 0.720. The zero-order chi connectivity index (χ0) is 13.2. The molecule has 1 fully saturated rings. The van der Waals surface area contributed by atoms with Gasteiger partial charge in [0.25, 0.3) is 0 Å². The van der Waals surface area contributed by atoms with E-state index in [1.165, 1.54) is 12.8 Å². The molecule has 1 aliphatic rings. The van der Waals surface area contributed by atoms with Crippen LogP contribution in [0.5, 0.6) is 0 Å². The quantitative estimate of drug-likeness (QED) is 0.861. The van der Waals surface area contributed by atoms with E-state index in [1.807, 2.05) is 24.3 Å². The Bertz CT molecular complexity index is 592. The highest BCUT2D eigenvalue weighted by molar-refractivity contribution is 9.09. The van der Waals surface area contributed by atoms with Crippen molar-refractivity contribution in [3.05, 3.63) is 30.0 Å². The van der Waals surface area contributed by atoms with Crippen LogP contribution in [0.3, 0.4) is 0 Å². The number of carbonyl (C=O) groups excluding carboxylic acids is 1. The maximum absolute atomic E-state index is 11.9. The molecule has 0 radical (unpaired) electrons. The lowest BCUT2D eigenvalue weighted by Gasteiger charge is -2.09. The van der Waals surface area contributed by atoms with Gasteiger partial charge < -0.3 is 9.84 Å². The monoisotopic (exact) mass is 322 g/mol. The van der Waals surface area contributed by atoms with Crippen molar-refractivity contribution in [2.24, 2.45) is 5.92 Å². The minimum Gasteiger partial charge on any atom is -0.356 e. The highest BCUT2D eigenvalue weighted by Crippen LogP contribution is 2.36. The molecule has 1 heterocycles. The molecule has 5 heteroatoms. The molecule has 1 aromatic heterocycles. The highest BCUT2D eigenvalue weighted by Gasteiger charge is 2.29. The predicted octanol–water partition coefficient (Wildman–Crippen LogP) is 2.66. The molecule has 1 aromatic carbocycles. The Morgan fingerprint density at radius 3 is 3.05 bits per heavy atom. The van der Waals surface area contributed by atoms with Gasteiger partial charge in [0.15, 0.2) is 5.58 Å². The molecule has 0 spiro atoms. The van der Waals surface area contributed by atoms with Gasteiger partial charge in [0, 0.05) is 16.8 Å². The number of carbonyl (C=O) groups is 1. The van der Waals surface area contributed by atoms with Crippen LogP contribution in [-0.4, -0.2) is 22.4 Å². The topological polar surface area (TPSA) is 55.1 Å². The second-order valence-corrected chi connectivity index (χ2v) is 6.14. The number of alkyl halides is 1. The minimum absolute atomic E-state index is 0.0100. The second kappa shape index (κ2) is 5.33. The average molecular weight is 323 g/mol. The van der Waals surface area contributed by atoms with Crippen LogP contribution >= 0.6 is 15.9 Å². The first-order chi connectivity index (χ1) is 9.24. The maximum Gasteiger partial charge on any atom is 0.226 e. The second-order valence-electron chi connectivity index (χ2n) is 4.96. The van der Waals surface area contributed by atoms with Crippen LogP contribution in [0, 0.1) is 5.92 Å². The number of hydrogen-bond acceptors (Lipinski definition) is 3. The molecule has 1 unspecified atom stereocenters. The van der Waals surface area contributed by atoms with Gasteiger partial charge in [0.1, 0.15) is 5.69 Å². The van der Waals surface area contributed by atoms with Crippen molar-refractivity contribution in [3.8, 4) is 0 Å². The zero-order valence-electron chi connectivity index (χ0n) is 10.4. The van der Waals surface area contributed by atoms with E-state index in [4.69, 9.17) is 4.52 Å². The molecule has 1 N–H and O–H groups in total. The van der Waals surface area contributed by atoms with Gasteiger partial charge >= 0.3 is 0 Å². The smallest absolute Gasteiger partial charge is 0.226 e. The lowest BCUT2D eigenvalue weighted by Crippen LogP contribution is -2.31. The van der Waals surface area contributed by atoms with E-state index in [1.54, 1.807) is 0 Å². The van der Waals surface area contributed by atoms with E-state index in [0.29, 0.717) is 17.1 Å². The molecule has 0 bridgehead atoms. The number of rotatable bonds is 5. The standard InChI is InChI=1S/C14H15BrN2O2/c15-11(9-5-6-9)8-16-14(18)7-12-10-3-1-2-4-13(10)19-17-12/h1-4,9,11H,5-8H2,(H,16,18). The molecule has 0 aliphatic heterocycles. The summed E-state index contributed by atoms with van der Waals surface area (Å²) in [6.07, 6.45) is 2.79. The van der Waals surface area contributed by atoms with Gasteiger partial charge in [-0.1, -0.05) is 33.2 Å². The number of aromatic nitrogens is 1. The summed E-state index contributed by atoms with van der Waals surface area (Å²) < 4.78 is 5.18. The summed E-state index contributed by atoms with van der Waals surface area (Å²) in [4.78, 5) is 12.3. The molecule has 1 amide bonds. The lowest BCUT2D eigenvalue weighted by atomic mass is 10.1. The zero-order valence-corrected chi connectivity index (χ0v) is 12.0. The summed E-state index contributed by atoms with van der Waals surface area (Å²) in [5.41, 5.74) is 1.42. The highest BCUT2D eigenvalue weighted by atomic mass is 79.9. The van der Waals surface area contributed by atoms with Gasteiger partial charge in [-0.2, -0.15) is 0 Å². The van der Waals surface area contributed by atoms with Gasteiger partial charge in [0.05, 0.1) is 6.42 Å². The van der Waals surface area contributed by atoms with Crippen LogP contribution in [0.25, 0.3) is 11.0 Å². The fourth-order valence-corrected chi connectivity index (χ4v) is 2.81. The summed E-state index contributed by atoms with van der Waals surface area (Å²) in [6.45, 7) is 0.680. The van der Waals surface area contributed by atoms with Gasteiger partial charge in [-0.15, -0.1) is 0 Å².